The average Bonchev–Trinajstić information content (AvgIpc) is 2.77. The predicted molar refractivity (Wildman–Crippen MR) is 151 cm³/mol. The van der Waals surface area contributed by atoms with E-state index < -0.39 is 39.9 Å². The number of ether oxygens (including phenoxy) is 1. The highest BCUT2D eigenvalue weighted by atomic mass is 79.9. The first kappa shape index (κ1) is 31.4. The monoisotopic (exact) mass is 590 g/mol. The van der Waals surface area contributed by atoms with Gasteiger partial charge in [-0.25, -0.2) is 9.59 Å². The molecule has 1 aromatic carbocycles. The van der Waals surface area contributed by atoms with Gasteiger partial charge in [-0.15, -0.1) is 0 Å². The maximum Gasteiger partial charge on any atom is 0.337 e. The lowest BCUT2D eigenvalue weighted by Gasteiger charge is -2.40. The number of alkyl halides is 1. The van der Waals surface area contributed by atoms with Gasteiger partial charge in [0, 0.05) is 16.5 Å². The maximum absolute atomic E-state index is 13.3. The van der Waals surface area contributed by atoms with Gasteiger partial charge < -0.3 is 20.1 Å². The Morgan fingerprint density at radius 1 is 1.05 bits per heavy atom. The first-order valence-corrected chi connectivity index (χ1v) is 13.8. The minimum atomic E-state index is -1.81. The van der Waals surface area contributed by atoms with Crippen LogP contribution in [0.3, 0.4) is 0 Å². The summed E-state index contributed by atoms with van der Waals surface area (Å²) in [6.45, 7) is 16.5. The molecule has 0 saturated carbocycles. The molecule has 0 bridgehead atoms. The summed E-state index contributed by atoms with van der Waals surface area (Å²) in [6, 6.07) is 3.30. The number of hydrogen-bond donors (Lipinski definition) is 3. The van der Waals surface area contributed by atoms with Gasteiger partial charge in [0.15, 0.2) is 0 Å². The molecule has 0 saturated heterocycles. The van der Waals surface area contributed by atoms with Crippen molar-refractivity contribution in [1.29, 1.82) is 0 Å². The van der Waals surface area contributed by atoms with E-state index in [-0.39, 0.29) is 34.6 Å². The number of phenolic OH excluding ortho intramolecular Hbond substituents is 1. The molecule has 0 amide bonds. The Morgan fingerprint density at radius 2 is 1.55 bits per heavy atom. The quantitative estimate of drug-likeness (QED) is 0.232. The van der Waals surface area contributed by atoms with E-state index in [2.05, 4.69) is 15.9 Å². The molecule has 1 aliphatic rings. The Bertz CT molecular complexity index is 1210. The van der Waals surface area contributed by atoms with E-state index in [1.165, 1.54) is 0 Å². The van der Waals surface area contributed by atoms with Crippen LogP contribution >= 0.6 is 15.9 Å². The van der Waals surface area contributed by atoms with Gasteiger partial charge in [0.05, 0.1) is 11.7 Å². The van der Waals surface area contributed by atoms with Crippen LogP contribution < -0.4 is 0 Å². The Labute approximate surface area is 233 Å². The van der Waals surface area contributed by atoms with Crippen molar-refractivity contribution in [1.82, 2.24) is 0 Å². The SMILES string of the molecule is CC1=C(OC(C)C)C(=C=O)C(C(=O)O)=C(c2cc(C(C)(C)C)c(O)c(C(C)(C)C)c2)C1(CCCBr)C(=O)O. The van der Waals surface area contributed by atoms with Gasteiger partial charge in [0.1, 0.15) is 28.4 Å². The van der Waals surface area contributed by atoms with Crippen LogP contribution in [0, 0.1) is 5.41 Å². The lowest BCUT2D eigenvalue weighted by Crippen LogP contribution is -2.40. The second-order valence-electron chi connectivity index (χ2n) is 12.1. The van der Waals surface area contributed by atoms with Crippen LogP contribution in [0.2, 0.25) is 0 Å². The molecule has 0 fully saturated rings. The van der Waals surface area contributed by atoms with Crippen molar-refractivity contribution in [3.05, 3.63) is 51.3 Å². The van der Waals surface area contributed by atoms with Crippen LogP contribution in [0.1, 0.15) is 91.8 Å². The van der Waals surface area contributed by atoms with E-state index in [1.807, 2.05) is 41.5 Å². The number of aliphatic carboxylic acids is 2. The van der Waals surface area contributed by atoms with E-state index in [4.69, 9.17) is 4.74 Å². The molecular formula is C30H39BrO7. The van der Waals surface area contributed by atoms with Crippen molar-refractivity contribution in [2.24, 2.45) is 5.41 Å². The summed E-state index contributed by atoms with van der Waals surface area (Å²) in [5.74, 6) is -0.951. The summed E-state index contributed by atoms with van der Waals surface area (Å²) in [7, 11) is 0. The topological polar surface area (TPSA) is 121 Å². The Balaban J connectivity index is 3.30. The van der Waals surface area contributed by atoms with E-state index in [1.54, 1.807) is 38.8 Å². The van der Waals surface area contributed by atoms with Gasteiger partial charge in [0.2, 0.25) is 0 Å². The largest absolute Gasteiger partial charge is 0.507 e. The van der Waals surface area contributed by atoms with Crippen molar-refractivity contribution in [3.8, 4) is 5.75 Å². The third-order valence-electron chi connectivity index (χ3n) is 6.87. The lowest BCUT2D eigenvalue weighted by atomic mass is 9.62. The molecule has 0 radical (unpaired) electrons. The van der Waals surface area contributed by atoms with Crippen molar-refractivity contribution < 1.29 is 34.4 Å². The molecule has 0 aromatic heterocycles. The summed E-state index contributed by atoms with van der Waals surface area (Å²) in [5.41, 5.74) is -2.07. The van der Waals surface area contributed by atoms with Crippen LogP contribution in [-0.4, -0.2) is 44.6 Å². The smallest absolute Gasteiger partial charge is 0.337 e. The summed E-state index contributed by atoms with van der Waals surface area (Å²) in [6.07, 6.45) is 0.0150. The minimum absolute atomic E-state index is 0.0126. The molecule has 1 atom stereocenters. The number of allylic oxidation sites excluding steroid dienone is 1. The number of hydrogen-bond acceptors (Lipinski definition) is 5. The molecule has 7 nitrogen and oxygen atoms in total. The normalized spacial score (nSPS) is 18.7. The van der Waals surface area contributed by atoms with Crippen LogP contribution in [0.5, 0.6) is 5.75 Å². The van der Waals surface area contributed by atoms with Crippen molar-refractivity contribution in [3.63, 3.8) is 0 Å². The van der Waals surface area contributed by atoms with Crippen LogP contribution in [0.4, 0.5) is 0 Å². The molecule has 1 aromatic rings. The third kappa shape index (κ3) is 5.62. The summed E-state index contributed by atoms with van der Waals surface area (Å²) in [5, 5.41) is 33.1. The molecule has 0 spiro atoms. The van der Waals surface area contributed by atoms with Crippen molar-refractivity contribution in [2.75, 3.05) is 5.33 Å². The predicted octanol–water partition coefficient (Wildman–Crippen LogP) is 6.54. The second-order valence-corrected chi connectivity index (χ2v) is 12.9. The second kappa shape index (κ2) is 11.1. The van der Waals surface area contributed by atoms with Gasteiger partial charge >= 0.3 is 11.9 Å². The summed E-state index contributed by atoms with van der Waals surface area (Å²) >= 11 is 3.38. The number of carboxylic acids is 2. The molecule has 8 heteroatoms. The Hall–Kier alpha value is -2.83. The van der Waals surface area contributed by atoms with E-state index >= 15 is 0 Å². The summed E-state index contributed by atoms with van der Waals surface area (Å²) in [4.78, 5) is 38.5. The van der Waals surface area contributed by atoms with Crippen molar-refractivity contribution in [2.45, 2.75) is 92.1 Å². The van der Waals surface area contributed by atoms with Crippen molar-refractivity contribution >= 4 is 39.4 Å². The highest BCUT2D eigenvalue weighted by Crippen LogP contribution is 2.55. The zero-order valence-electron chi connectivity index (χ0n) is 23.7. The molecular weight excluding hydrogens is 552 g/mol. The third-order valence-corrected chi connectivity index (χ3v) is 7.43. The van der Waals surface area contributed by atoms with Crippen LogP contribution in [0.15, 0.2) is 34.6 Å². The number of benzene rings is 1. The number of carbonyl (C=O) groups excluding carboxylic acids is 1. The zero-order valence-corrected chi connectivity index (χ0v) is 25.3. The van der Waals surface area contributed by atoms with E-state index in [0.29, 0.717) is 28.4 Å². The van der Waals surface area contributed by atoms with Crippen LogP contribution in [0.25, 0.3) is 5.57 Å². The maximum atomic E-state index is 13.3. The van der Waals surface area contributed by atoms with Gasteiger partial charge in [-0.3, -0.25) is 4.79 Å². The zero-order chi connectivity index (χ0) is 29.4. The Morgan fingerprint density at radius 3 is 1.89 bits per heavy atom. The molecule has 0 aliphatic heterocycles. The fourth-order valence-electron chi connectivity index (χ4n) is 5.05. The lowest BCUT2D eigenvalue weighted by molar-refractivity contribution is -0.144. The molecule has 3 N–H and O–H groups in total. The number of carbonyl (C=O) groups is 2. The fourth-order valence-corrected chi connectivity index (χ4v) is 5.33. The highest BCUT2D eigenvalue weighted by Gasteiger charge is 2.53. The molecule has 0 heterocycles. The minimum Gasteiger partial charge on any atom is -0.507 e. The van der Waals surface area contributed by atoms with Gasteiger partial charge in [0.25, 0.3) is 0 Å². The molecule has 2 rings (SSSR count). The number of phenols is 1. The van der Waals surface area contributed by atoms with Gasteiger partial charge in [-0.05, 0) is 73.3 Å². The van der Waals surface area contributed by atoms with E-state index in [0.717, 1.165) is 0 Å². The standard InChI is InChI=1S/C30H39BrO7/c1-16(2)38-25-17(3)30(27(36)37,11-10-12-31)23(22(26(34)35)19(25)15-32)18-13-20(28(4,5)6)24(33)21(14-18)29(7,8)9/h13-14,16,33H,10-12H2,1-9H3,(H,34,35)(H,36,37). The first-order chi connectivity index (χ1) is 17.4. The summed E-state index contributed by atoms with van der Waals surface area (Å²) < 4.78 is 5.90. The average molecular weight is 592 g/mol. The van der Waals surface area contributed by atoms with Gasteiger partial charge in [-0.1, -0.05) is 57.5 Å². The molecule has 208 valence electrons. The molecule has 1 aliphatic carbocycles. The molecule has 38 heavy (non-hydrogen) atoms. The fraction of sp³-hybridized carbons (Fsp3) is 0.533. The van der Waals surface area contributed by atoms with Crippen LogP contribution in [-0.2, 0) is 30.0 Å². The highest BCUT2D eigenvalue weighted by molar-refractivity contribution is 9.09. The Kier molecular flexibility index (Phi) is 9.18. The number of rotatable bonds is 8. The van der Waals surface area contributed by atoms with E-state index in [9.17, 15) is 29.7 Å². The first-order valence-electron chi connectivity index (χ1n) is 12.7. The number of aromatic hydroxyl groups is 1. The molecule has 1 unspecified atom stereocenters. The number of halogens is 1. The number of carboxylic acid groups (broad SMARTS) is 2. The van der Waals surface area contributed by atoms with Gasteiger partial charge in [-0.2, -0.15) is 0 Å².